The fraction of sp³-hybridized carbons (Fsp3) is 0.273. The van der Waals surface area contributed by atoms with Crippen molar-refractivity contribution in [3.63, 3.8) is 0 Å². The van der Waals surface area contributed by atoms with E-state index in [1.807, 2.05) is 0 Å². The Labute approximate surface area is 96.5 Å². The Balaban J connectivity index is 2.80. The molecule has 0 saturated carbocycles. The van der Waals surface area contributed by atoms with Gasteiger partial charge in [-0.05, 0) is 12.5 Å². The lowest BCUT2D eigenvalue weighted by Gasteiger charge is -2.29. The van der Waals surface area contributed by atoms with Gasteiger partial charge in [0, 0.05) is 5.56 Å². The predicted octanol–water partition coefficient (Wildman–Crippen LogP) is 1.15. The van der Waals surface area contributed by atoms with E-state index in [1.54, 1.807) is 12.1 Å². The van der Waals surface area contributed by atoms with Gasteiger partial charge in [0.05, 0.1) is 0 Å². The first-order valence-electron chi connectivity index (χ1n) is 4.62. The number of ketones is 1. The molecule has 0 aromatic heterocycles. The Hall–Kier alpha value is -1.39. The Kier molecular flexibility index (Phi) is 2.12. The van der Waals surface area contributed by atoms with Crippen molar-refractivity contribution in [3.05, 3.63) is 35.4 Å². The van der Waals surface area contributed by atoms with Gasteiger partial charge in [-0.25, -0.2) is 4.79 Å². The summed E-state index contributed by atoms with van der Waals surface area (Å²) >= 11 is 5.95. The summed E-state index contributed by atoms with van der Waals surface area (Å²) in [4.78, 5) is 20.9. The van der Waals surface area contributed by atoms with E-state index >= 15 is 0 Å². The Bertz CT molecular complexity index is 495. The number of fused-ring (bicyclic) bond motifs is 1. The molecule has 0 amide bonds. The van der Waals surface area contributed by atoms with Crippen molar-refractivity contribution >= 4 is 23.4 Å². The molecule has 0 radical (unpaired) electrons. The molecule has 0 spiro atoms. The maximum absolute atomic E-state index is 11.8. The number of carbonyl (C=O) groups is 2. The fourth-order valence-electron chi connectivity index (χ4n) is 1.99. The molecule has 0 fully saturated rings. The number of carboxylic acid groups (broad SMARTS) is 1. The van der Waals surface area contributed by atoms with E-state index in [0.29, 0.717) is 0 Å². The molecule has 2 rings (SSSR count). The first-order valence-corrected chi connectivity index (χ1v) is 5.00. The molecular weight excluding hydrogens is 232 g/mol. The molecule has 2 N–H and O–H groups in total. The molecule has 0 saturated heterocycles. The zero-order chi connectivity index (χ0) is 12.1. The van der Waals surface area contributed by atoms with Gasteiger partial charge in [-0.3, -0.25) is 4.79 Å². The van der Waals surface area contributed by atoms with Gasteiger partial charge in [-0.1, -0.05) is 35.9 Å². The van der Waals surface area contributed by atoms with Crippen LogP contribution in [-0.4, -0.2) is 27.6 Å². The second kappa shape index (κ2) is 3.06. The van der Waals surface area contributed by atoms with Crippen molar-refractivity contribution in [3.8, 4) is 0 Å². The van der Waals surface area contributed by atoms with Crippen molar-refractivity contribution in [2.45, 2.75) is 17.4 Å². The lowest BCUT2D eigenvalue weighted by molar-refractivity contribution is -0.145. The van der Waals surface area contributed by atoms with Crippen LogP contribution in [0.3, 0.4) is 0 Å². The van der Waals surface area contributed by atoms with E-state index in [9.17, 15) is 14.7 Å². The number of aliphatic hydroxyl groups is 1. The summed E-state index contributed by atoms with van der Waals surface area (Å²) in [5.74, 6) is -2.10. The van der Waals surface area contributed by atoms with Crippen LogP contribution in [0.2, 0.25) is 0 Å². The van der Waals surface area contributed by atoms with Crippen LogP contribution in [0.4, 0.5) is 0 Å². The van der Waals surface area contributed by atoms with Gasteiger partial charge in [-0.15, -0.1) is 0 Å². The van der Waals surface area contributed by atoms with Crippen LogP contribution in [0.15, 0.2) is 24.3 Å². The SMILES string of the molecule is CC1(O)C(=O)c2ccccc2C1(Cl)C(=O)O. The molecule has 0 bridgehead atoms. The van der Waals surface area contributed by atoms with Crippen LogP contribution in [0.1, 0.15) is 22.8 Å². The molecular formula is C11H9ClO4. The van der Waals surface area contributed by atoms with Gasteiger partial charge in [0.25, 0.3) is 0 Å². The number of rotatable bonds is 1. The van der Waals surface area contributed by atoms with Crippen LogP contribution in [-0.2, 0) is 9.67 Å². The molecule has 0 heterocycles. The standard InChI is InChI=1S/C11H9ClO4/c1-10(16)8(13)6-4-2-3-5-7(6)11(10,12)9(14)15/h2-5,16H,1H3,(H,14,15). The van der Waals surface area contributed by atoms with E-state index in [2.05, 4.69) is 0 Å². The van der Waals surface area contributed by atoms with Crippen molar-refractivity contribution < 1.29 is 19.8 Å². The highest BCUT2D eigenvalue weighted by Crippen LogP contribution is 2.49. The van der Waals surface area contributed by atoms with Crippen LogP contribution < -0.4 is 0 Å². The number of alkyl halides is 1. The van der Waals surface area contributed by atoms with Crippen molar-refractivity contribution in [2.75, 3.05) is 0 Å². The molecule has 16 heavy (non-hydrogen) atoms. The van der Waals surface area contributed by atoms with E-state index < -0.39 is 22.2 Å². The normalized spacial score (nSPS) is 32.6. The summed E-state index contributed by atoms with van der Waals surface area (Å²) in [6, 6.07) is 6.07. The van der Waals surface area contributed by atoms with Crippen LogP contribution in [0.25, 0.3) is 0 Å². The zero-order valence-electron chi connectivity index (χ0n) is 8.40. The summed E-state index contributed by atoms with van der Waals surface area (Å²) in [6.45, 7) is 1.12. The molecule has 2 unspecified atom stereocenters. The minimum absolute atomic E-state index is 0.138. The van der Waals surface area contributed by atoms with Crippen LogP contribution in [0.5, 0.6) is 0 Å². The number of benzene rings is 1. The number of hydrogen-bond acceptors (Lipinski definition) is 3. The molecule has 1 aromatic carbocycles. The topological polar surface area (TPSA) is 74.6 Å². The van der Waals surface area contributed by atoms with E-state index in [-0.39, 0.29) is 11.1 Å². The fourth-order valence-corrected chi connectivity index (χ4v) is 2.24. The summed E-state index contributed by atoms with van der Waals surface area (Å²) in [5, 5.41) is 19.1. The first-order chi connectivity index (χ1) is 7.33. The molecule has 1 aromatic rings. The average Bonchev–Trinajstić information content (AvgIpc) is 2.40. The number of hydrogen-bond donors (Lipinski definition) is 2. The summed E-state index contributed by atoms with van der Waals surface area (Å²) in [5.41, 5.74) is -1.84. The van der Waals surface area contributed by atoms with Gasteiger partial charge < -0.3 is 10.2 Å². The number of aliphatic carboxylic acids is 1. The highest BCUT2D eigenvalue weighted by atomic mass is 35.5. The second-order valence-electron chi connectivity index (χ2n) is 3.91. The monoisotopic (exact) mass is 240 g/mol. The van der Waals surface area contributed by atoms with Crippen LogP contribution in [0, 0.1) is 0 Å². The van der Waals surface area contributed by atoms with Gasteiger partial charge >= 0.3 is 5.97 Å². The lowest BCUT2D eigenvalue weighted by atomic mass is 9.88. The van der Waals surface area contributed by atoms with Gasteiger partial charge in [0.1, 0.15) is 0 Å². The molecule has 84 valence electrons. The lowest BCUT2D eigenvalue weighted by Crippen LogP contribution is -2.51. The molecule has 0 aliphatic heterocycles. The quantitative estimate of drug-likeness (QED) is 0.723. The maximum atomic E-state index is 11.8. The number of halogens is 1. The summed E-state index contributed by atoms with van der Waals surface area (Å²) in [6.07, 6.45) is 0. The largest absolute Gasteiger partial charge is 0.480 e. The van der Waals surface area contributed by atoms with E-state index in [1.165, 1.54) is 12.1 Å². The Morgan fingerprint density at radius 2 is 1.94 bits per heavy atom. The first kappa shape index (κ1) is 11.1. The third-order valence-electron chi connectivity index (χ3n) is 2.95. The second-order valence-corrected chi connectivity index (χ2v) is 4.48. The highest BCUT2D eigenvalue weighted by Gasteiger charge is 2.64. The van der Waals surface area contributed by atoms with Gasteiger partial charge in [0.15, 0.2) is 11.4 Å². The van der Waals surface area contributed by atoms with Crippen molar-refractivity contribution in [2.24, 2.45) is 0 Å². The summed E-state index contributed by atoms with van der Waals surface area (Å²) < 4.78 is 0. The van der Waals surface area contributed by atoms with Crippen molar-refractivity contribution in [1.29, 1.82) is 0 Å². The predicted molar refractivity (Wildman–Crippen MR) is 56.6 cm³/mol. The van der Waals surface area contributed by atoms with E-state index in [0.717, 1.165) is 6.92 Å². The average molecular weight is 241 g/mol. The number of carbonyl (C=O) groups excluding carboxylic acids is 1. The minimum atomic E-state index is -2.13. The maximum Gasteiger partial charge on any atom is 0.332 e. The highest BCUT2D eigenvalue weighted by molar-refractivity contribution is 6.40. The number of Topliss-reactive ketones (excluding diaryl/α,β-unsaturated/α-hetero) is 1. The molecule has 1 aliphatic rings. The smallest absolute Gasteiger partial charge is 0.332 e. The zero-order valence-corrected chi connectivity index (χ0v) is 9.15. The number of carboxylic acids is 1. The molecule has 2 atom stereocenters. The Morgan fingerprint density at radius 1 is 1.38 bits per heavy atom. The minimum Gasteiger partial charge on any atom is -0.480 e. The summed E-state index contributed by atoms with van der Waals surface area (Å²) in [7, 11) is 0. The van der Waals surface area contributed by atoms with E-state index in [4.69, 9.17) is 16.7 Å². The van der Waals surface area contributed by atoms with Crippen molar-refractivity contribution in [1.82, 2.24) is 0 Å². The van der Waals surface area contributed by atoms with Gasteiger partial charge in [0.2, 0.25) is 4.87 Å². The molecule has 4 nitrogen and oxygen atoms in total. The third kappa shape index (κ3) is 1.03. The molecule has 5 heteroatoms. The van der Waals surface area contributed by atoms with Crippen LogP contribution >= 0.6 is 11.6 Å². The molecule has 1 aliphatic carbocycles. The third-order valence-corrected chi connectivity index (χ3v) is 3.68. The Morgan fingerprint density at radius 3 is 2.50 bits per heavy atom. The van der Waals surface area contributed by atoms with Gasteiger partial charge in [-0.2, -0.15) is 0 Å².